The molecule has 3 saturated carbocycles. The van der Waals surface area contributed by atoms with Gasteiger partial charge in [-0.25, -0.2) is 0 Å². The molecule has 3 N–H and O–H groups in total. The van der Waals surface area contributed by atoms with Crippen LogP contribution in [-0.2, 0) is 0 Å². The summed E-state index contributed by atoms with van der Waals surface area (Å²) < 4.78 is 0. The molecule has 0 heterocycles. The van der Waals surface area contributed by atoms with Crippen LogP contribution in [0.15, 0.2) is 11.6 Å². The highest BCUT2D eigenvalue weighted by Gasteiger charge is 2.61. The van der Waals surface area contributed by atoms with Crippen molar-refractivity contribution in [1.29, 1.82) is 0 Å². The standard InChI is InChI=1S/C27H46O3/c1-25-15-12-20(29)18-19(25)8-9-21-22-10-11-24(26(22,2)16-13-23(21)25)27(3,30)14-6-4-5-7-17-28/h8,20-24,28-30H,4-7,9-18H2,1-3H3/t20-,21-,22-,23-,24-,25-,26-,27?/m0/s1. The molecule has 0 bridgehead atoms. The minimum absolute atomic E-state index is 0.127. The Morgan fingerprint density at radius 2 is 1.77 bits per heavy atom. The lowest BCUT2D eigenvalue weighted by Gasteiger charge is -2.59. The van der Waals surface area contributed by atoms with Gasteiger partial charge in [-0.1, -0.05) is 44.8 Å². The van der Waals surface area contributed by atoms with Gasteiger partial charge in [-0.2, -0.15) is 0 Å². The van der Waals surface area contributed by atoms with Crippen LogP contribution in [0.1, 0.15) is 104 Å². The highest BCUT2D eigenvalue weighted by molar-refractivity contribution is 5.25. The molecule has 0 aromatic rings. The molecule has 0 aromatic heterocycles. The fourth-order valence-corrected chi connectivity index (χ4v) is 8.79. The Morgan fingerprint density at radius 3 is 2.53 bits per heavy atom. The molecular weight excluding hydrogens is 372 g/mol. The van der Waals surface area contributed by atoms with Gasteiger partial charge in [-0.3, -0.25) is 0 Å². The van der Waals surface area contributed by atoms with Crippen molar-refractivity contribution in [2.75, 3.05) is 6.61 Å². The molecule has 0 spiro atoms. The van der Waals surface area contributed by atoms with E-state index in [9.17, 15) is 10.2 Å². The second kappa shape index (κ2) is 8.52. The predicted molar refractivity (Wildman–Crippen MR) is 122 cm³/mol. The Bertz CT molecular complexity index is 640. The van der Waals surface area contributed by atoms with E-state index in [4.69, 9.17) is 5.11 Å². The van der Waals surface area contributed by atoms with Crippen molar-refractivity contribution in [2.45, 2.75) is 116 Å². The summed E-state index contributed by atoms with van der Waals surface area (Å²) in [6, 6.07) is 0. The first kappa shape index (κ1) is 22.8. The van der Waals surface area contributed by atoms with Gasteiger partial charge in [0.05, 0.1) is 11.7 Å². The molecule has 8 atom stereocenters. The Hall–Kier alpha value is -0.380. The second-order valence-electron chi connectivity index (χ2n) is 12.1. The van der Waals surface area contributed by atoms with Crippen LogP contribution >= 0.6 is 0 Å². The Morgan fingerprint density at radius 1 is 1.00 bits per heavy atom. The lowest BCUT2D eigenvalue weighted by atomic mass is 9.46. The van der Waals surface area contributed by atoms with E-state index in [0.717, 1.165) is 69.1 Å². The average molecular weight is 419 g/mol. The number of aliphatic hydroxyl groups is 3. The quantitative estimate of drug-likeness (QED) is 0.371. The molecule has 0 radical (unpaired) electrons. The van der Waals surface area contributed by atoms with Gasteiger partial charge in [-0.05, 0) is 106 Å². The van der Waals surface area contributed by atoms with Crippen LogP contribution in [0.2, 0.25) is 0 Å². The maximum Gasteiger partial charge on any atom is 0.0653 e. The Labute approximate surface area is 184 Å². The molecule has 4 rings (SSSR count). The number of aliphatic hydroxyl groups excluding tert-OH is 2. The van der Waals surface area contributed by atoms with E-state index in [0.29, 0.717) is 11.3 Å². The molecule has 1 unspecified atom stereocenters. The van der Waals surface area contributed by atoms with E-state index in [1.807, 2.05) is 0 Å². The van der Waals surface area contributed by atoms with Crippen molar-refractivity contribution in [1.82, 2.24) is 0 Å². The van der Waals surface area contributed by atoms with E-state index >= 15 is 0 Å². The summed E-state index contributed by atoms with van der Waals surface area (Å²) in [7, 11) is 0. The van der Waals surface area contributed by atoms with Gasteiger partial charge >= 0.3 is 0 Å². The number of hydrogen-bond donors (Lipinski definition) is 3. The minimum Gasteiger partial charge on any atom is -0.396 e. The number of hydrogen-bond acceptors (Lipinski definition) is 3. The van der Waals surface area contributed by atoms with E-state index in [-0.39, 0.29) is 18.1 Å². The topological polar surface area (TPSA) is 60.7 Å². The number of rotatable bonds is 7. The fourth-order valence-electron chi connectivity index (χ4n) is 8.79. The Kier molecular flexibility index (Phi) is 6.48. The monoisotopic (exact) mass is 418 g/mol. The van der Waals surface area contributed by atoms with Gasteiger partial charge in [0, 0.05) is 6.61 Å². The maximum absolute atomic E-state index is 11.5. The zero-order chi connectivity index (χ0) is 21.6. The van der Waals surface area contributed by atoms with E-state index < -0.39 is 5.60 Å². The molecule has 4 aliphatic carbocycles. The summed E-state index contributed by atoms with van der Waals surface area (Å²) in [5.41, 5.74) is 1.56. The lowest BCUT2D eigenvalue weighted by molar-refractivity contribution is -0.105. The van der Waals surface area contributed by atoms with E-state index in [2.05, 4.69) is 26.8 Å². The van der Waals surface area contributed by atoms with Crippen molar-refractivity contribution in [3.05, 3.63) is 11.6 Å². The van der Waals surface area contributed by atoms with Gasteiger partial charge in [0.15, 0.2) is 0 Å². The molecule has 30 heavy (non-hydrogen) atoms. The number of fused-ring (bicyclic) bond motifs is 5. The summed E-state index contributed by atoms with van der Waals surface area (Å²) in [5, 5.41) is 30.8. The average Bonchev–Trinajstić information content (AvgIpc) is 3.06. The molecule has 3 nitrogen and oxygen atoms in total. The second-order valence-corrected chi connectivity index (χ2v) is 12.1. The zero-order valence-corrected chi connectivity index (χ0v) is 19.7. The molecule has 4 aliphatic rings. The summed E-state index contributed by atoms with van der Waals surface area (Å²) >= 11 is 0. The van der Waals surface area contributed by atoms with Crippen molar-refractivity contribution in [2.24, 2.45) is 34.5 Å². The van der Waals surface area contributed by atoms with Crippen molar-refractivity contribution < 1.29 is 15.3 Å². The third-order valence-electron chi connectivity index (χ3n) is 10.4. The maximum atomic E-state index is 11.5. The van der Waals surface area contributed by atoms with Crippen LogP contribution in [0.25, 0.3) is 0 Å². The SMILES string of the molecule is CC(O)(CCCCCCO)[C@H]1CC[C@H]2[C@@H]3CC=C4C[C@@H](O)CC[C@]4(C)[C@H]3CC[C@]12C. The largest absolute Gasteiger partial charge is 0.396 e. The minimum atomic E-state index is -0.565. The van der Waals surface area contributed by atoms with Gasteiger partial charge in [0.25, 0.3) is 0 Å². The van der Waals surface area contributed by atoms with Crippen molar-refractivity contribution >= 4 is 0 Å². The molecule has 3 fully saturated rings. The first-order valence-electron chi connectivity index (χ1n) is 12.9. The van der Waals surface area contributed by atoms with Crippen LogP contribution in [0.3, 0.4) is 0 Å². The van der Waals surface area contributed by atoms with Gasteiger partial charge in [0.1, 0.15) is 0 Å². The fraction of sp³-hybridized carbons (Fsp3) is 0.926. The smallest absolute Gasteiger partial charge is 0.0653 e. The van der Waals surface area contributed by atoms with E-state index in [1.165, 1.54) is 32.1 Å². The van der Waals surface area contributed by atoms with Crippen LogP contribution in [0, 0.1) is 34.5 Å². The molecule has 3 heteroatoms. The molecule has 0 aliphatic heterocycles. The Balaban J connectivity index is 1.47. The first-order chi connectivity index (χ1) is 14.2. The normalized spacial score (nSPS) is 45.1. The molecule has 0 aromatic carbocycles. The highest BCUT2D eigenvalue weighted by atomic mass is 16.3. The van der Waals surface area contributed by atoms with Crippen LogP contribution in [0.4, 0.5) is 0 Å². The first-order valence-corrected chi connectivity index (χ1v) is 12.9. The summed E-state index contributed by atoms with van der Waals surface area (Å²) in [6.07, 6.45) is 16.7. The summed E-state index contributed by atoms with van der Waals surface area (Å²) in [4.78, 5) is 0. The summed E-state index contributed by atoms with van der Waals surface area (Å²) in [5.74, 6) is 2.69. The van der Waals surface area contributed by atoms with Crippen molar-refractivity contribution in [3.63, 3.8) is 0 Å². The third kappa shape index (κ3) is 3.82. The van der Waals surface area contributed by atoms with Gasteiger partial charge < -0.3 is 15.3 Å². The molecular formula is C27H46O3. The lowest BCUT2D eigenvalue weighted by Crippen LogP contribution is -2.53. The number of allylic oxidation sites excluding steroid dienone is 1. The third-order valence-corrected chi connectivity index (χ3v) is 10.4. The van der Waals surface area contributed by atoms with Gasteiger partial charge in [0.2, 0.25) is 0 Å². The molecule has 172 valence electrons. The zero-order valence-electron chi connectivity index (χ0n) is 19.7. The summed E-state index contributed by atoms with van der Waals surface area (Å²) in [6.45, 7) is 7.42. The number of unbranched alkanes of at least 4 members (excludes halogenated alkanes) is 3. The van der Waals surface area contributed by atoms with Gasteiger partial charge in [-0.15, -0.1) is 0 Å². The van der Waals surface area contributed by atoms with Crippen LogP contribution in [-0.4, -0.2) is 33.6 Å². The molecule has 0 amide bonds. The van der Waals surface area contributed by atoms with Crippen LogP contribution in [0.5, 0.6) is 0 Å². The van der Waals surface area contributed by atoms with Crippen molar-refractivity contribution in [3.8, 4) is 0 Å². The molecule has 0 saturated heterocycles. The van der Waals surface area contributed by atoms with Crippen LogP contribution < -0.4 is 0 Å². The van der Waals surface area contributed by atoms with E-state index in [1.54, 1.807) is 5.57 Å². The highest BCUT2D eigenvalue weighted by Crippen LogP contribution is 2.67. The predicted octanol–water partition coefficient (Wildman–Crippen LogP) is 5.62.